The minimum atomic E-state index is 0.595. The Morgan fingerprint density at radius 1 is 1.00 bits per heavy atom. The predicted molar refractivity (Wildman–Crippen MR) is 72.9 cm³/mol. The zero-order valence-corrected chi connectivity index (χ0v) is 10.1. The minimum Gasteiger partial charge on any atom is -0.326 e. The molecule has 3 aromatic rings. The van der Waals surface area contributed by atoms with Gasteiger partial charge in [0, 0.05) is 16.8 Å². The number of thiophene rings is 1. The van der Waals surface area contributed by atoms with Crippen LogP contribution in [0.3, 0.4) is 0 Å². The van der Waals surface area contributed by atoms with E-state index >= 15 is 0 Å². The Morgan fingerprint density at radius 3 is 2.71 bits per heavy atom. The molecule has 3 heteroatoms. The van der Waals surface area contributed by atoms with E-state index in [-0.39, 0.29) is 0 Å². The van der Waals surface area contributed by atoms with Crippen molar-refractivity contribution in [2.24, 2.45) is 5.73 Å². The molecule has 1 aromatic carbocycles. The van der Waals surface area contributed by atoms with Crippen LogP contribution in [0.1, 0.15) is 4.88 Å². The average Bonchev–Trinajstić information content (AvgIpc) is 2.87. The van der Waals surface area contributed by atoms with Crippen molar-refractivity contribution in [2.45, 2.75) is 6.54 Å². The van der Waals surface area contributed by atoms with Crippen LogP contribution in [0.4, 0.5) is 0 Å². The summed E-state index contributed by atoms with van der Waals surface area (Å²) in [7, 11) is 0. The van der Waals surface area contributed by atoms with Crippen molar-refractivity contribution in [1.29, 1.82) is 0 Å². The van der Waals surface area contributed by atoms with E-state index in [1.54, 1.807) is 11.3 Å². The van der Waals surface area contributed by atoms with Crippen LogP contribution >= 0.6 is 11.3 Å². The molecule has 2 aromatic heterocycles. The van der Waals surface area contributed by atoms with Gasteiger partial charge in [-0.25, -0.2) is 4.98 Å². The number of fused-ring (bicyclic) bond motifs is 1. The molecule has 0 amide bonds. The molecule has 0 fully saturated rings. The summed E-state index contributed by atoms with van der Waals surface area (Å²) < 4.78 is 0. The Labute approximate surface area is 104 Å². The van der Waals surface area contributed by atoms with Crippen LogP contribution in [0.15, 0.2) is 48.5 Å². The second kappa shape index (κ2) is 4.28. The summed E-state index contributed by atoms with van der Waals surface area (Å²) in [5.74, 6) is 0. The highest BCUT2D eigenvalue weighted by atomic mass is 32.1. The van der Waals surface area contributed by atoms with Crippen LogP contribution in [-0.2, 0) is 6.54 Å². The molecule has 0 saturated carbocycles. The summed E-state index contributed by atoms with van der Waals surface area (Å²) in [6.45, 7) is 0.595. The van der Waals surface area contributed by atoms with Crippen LogP contribution in [0.5, 0.6) is 0 Å². The number of nitrogens with two attached hydrogens (primary N) is 1. The van der Waals surface area contributed by atoms with Crippen molar-refractivity contribution < 1.29 is 0 Å². The Kier molecular flexibility index (Phi) is 2.63. The Bertz CT molecular complexity index is 658. The normalized spacial score (nSPS) is 10.9. The first-order valence-corrected chi connectivity index (χ1v) is 6.33. The lowest BCUT2D eigenvalue weighted by Crippen LogP contribution is -1.91. The van der Waals surface area contributed by atoms with Gasteiger partial charge in [-0.15, -0.1) is 11.3 Å². The zero-order valence-electron chi connectivity index (χ0n) is 9.26. The van der Waals surface area contributed by atoms with Gasteiger partial charge < -0.3 is 5.73 Å². The van der Waals surface area contributed by atoms with Gasteiger partial charge in [0.25, 0.3) is 0 Å². The lowest BCUT2D eigenvalue weighted by molar-refractivity contribution is 1.11. The smallest absolute Gasteiger partial charge is 0.0809 e. The fraction of sp³-hybridized carbons (Fsp3) is 0.0714. The Hall–Kier alpha value is -1.71. The maximum atomic E-state index is 5.62. The van der Waals surface area contributed by atoms with Crippen LogP contribution in [0, 0.1) is 0 Å². The summed E-state index contributed by atoms with van der Waals surface area (Å²) in [5, 5.41) is 1.17. The third-order valence-corrected chi connectivity index (χ3v) is 3.84. The number of para-hydroxylation sites is 1. The maximum absolute atomic E-state index is 5.62. The van der Waals surface area contributed by atoms with E-state index in [4.69, 9.17) is 5.73 Å². The number of rotatable bonds is 2. The summed E-state index contributed by atoms with van der Waals surface area (Å²) >= 11 is 1.71. The maximum Gasteiger partial charge on any atom is 0.0809 e. The number of hydrogen-bond acceptors (Lipinski definition) is 3. The van der Waals surface area contributed by atoms with Crippen LogP contribution < -0.4 is 5.73 Å². The molecule has 0 aliphatic rings. The molecule has 84 valence electrons. The predicted octanol–water partition coefficient (Wildman–Crippen LogP) is 3.42. The van der Waals surface area contributed by atoms with Gasteiger partial charge >= 0.3 is 0 Å². The number of aromatic nitrogens is 1. The number of pyridine rings is 1. The van der Waals surface area contributed by atoms with E-state index in [0.29, 0.717) is 6.54 Å². The van der Waals surface area contributed by atoms with Gasteiger partial charge in [-0.2, -0.15) is 0 Å². The SMILES string of the molecule is NCc1ccc(-c2ccc3ccccc3n2)s1. The van der Waals surface area contributed by atoms with Gasteiger partial charge in [0.2, 0.25) is 0 Å². The number of benzene rings is 1. The number of hydrogen-bond donors (Lipinski definition) is 1. The molecular formula is C14H12N2S. The highest BCUT2D eigenvalue weighted by Crippen LogP contribution is 2.27. The van der Waals surface area contributed by atoms with E-state index in [9.17, 15) is 0 Å². The van der Waals surface area contributed by atoms with Gasteiger partial charge in [-0.05, 0) is 24.3 Å². The average molecular weight is 240 g/mol. The van der Waals surface area contributed by atoms with E-state index < -0.39 is 0 Å². The topological polar surface area (TPSA) is 38.9 Å². The standard InChI is InChI=1S/C14H12N2S/c15-9-11-6-8-14(17-11)13-7-5-10-3-1-2-4-12(10)16-13/h1-8H,9,15H2. The fourth-order valence-corrected chi connectivity index (χ4v) is 2.68. The van der Waals surface area contributed by atoms with Gasteiger partial charge in [0.15, 0.2) is 0 Å². The summed E-state index contributed by atoms with van der Waals surface area (Å²) in [5.41, 5.74) is 7.68. The van der Waals surface area contributed by atoms with Crippen molar-refractivity contribution in [3.8, 4) is 10.6 Å². The van der Waals surface area contributed by atoms with Gasteiger partial charge in [-0.1, -0.05) is 24.3 Å². The van der Waals surface area contributed by atoms with Crippen molar-refractivity contribution in [1.82, 2.24) is 4.98 Å². The third kappa shape index (κ3) is 1.95. The van der Waals surface area contributed by atoms with Crippen molar-refractivity contribution in [2.75, 3.05) is 0 Å². The van der Waals surface area contributed by atoms with E-state index in [2.05, 4.69) is 35.3 Å². The first kappa shape index (κ1) is 10.4. The molecular weight excluding hydrogens is 228 g/mol. The molecule has 0 spiro atoms. The highest BCUT2D eigenvalue weighted by molar-refractivity contribution is 7.15. The Morgan fingerprint density at radius 2 is 1.88 bits per heavy atom. The summed E-state index contributed by atoms with van der Waals surface area (Å²) in [4.78, 5) is 7.03. The molecule has 0 aliphatic carbocycles. The quantitative estimate of drug-likeness (QED) is 0.745. The van der Waals surface area contributed by atoms with Crippen molar-refractivity contribution in [3.63, 3.8) is 0 Å². The molecule has 2 N–H and O–H groups in total. The molecule has 0 aliphatic heterocycles. The van der Waals surface area contributed by atoms with E-state index in [1.807, 2.05) is 18.2 Å². The van der Waals surface area contributed by atoms with Crippen molar-refractivity contribution in [3.05, 3.63) is 53.4 Å². The lowest BCUT2D eigenvalue weighted by atomic mass is 10.2. The van der Waals surface area contributed by atoms with Crippen LogP contribution in [-0.4, -0.2) is 4.98 Å². The monoisotopic (exact) mass is 240 g/mol. The molecule has 0 unspecified atom stereocenters. The molecule has 0 radical (unpaired) electrons. The minimum absolute atomic E-state index is 0.595. The van der Waals surface area contributed by atoms with Crippen LogP contribution in [0.2, 0.25) is 0 Å². The zero-order chi connectivity index (χ0) is 11.7. The first-order chi connectivity index (χ1) is 8.36. The van der Waals surface area contributed by atoms with Gasteiger partial charge in [0.1, 0.15) is 0 Å². The van der Waals surface area contributed by atoms with Gasteiger partial charge in [0.05, 0.1) is 16.1 Å². The third-order valence-electron chi connectivity index (χ3n) is 2.71. The fourth-order valence-electron chi connectivity index (χ4n) is 1.83. The molecule has 0 saturated heterocycles. The summed E-state index contributed by atoms with van der Waals surface area (Å²) in [6, 6.07) is 16.5. The van der Waals surface area contributed by atoms with Crippen molar-refractivity contribution >= 4 is 22.2 Å². The highest BCUT2D eigenvalue weighted by Gasteiger charge is 2.04. The summed E-state index contributed by atoms with van der Waals surface area (Å²) in [6.07, 6.45) is 0. The molecule has 0 atom stereocenters. The second-order valence-corrected chi connectivity index (χ2v) is 5.03. The number of nitrogens with zero attached hydrogens (tertiary/aromatic N) is 1. The molecule has 2 heterocycles. The van der Waals surface area contributed by atoms with Gasteiger partial charge in [-0.3, -0.25) is 0 Å². The Balaban J connectivity index is 2.11. The van der Waals surface area contributed by atoms with E-state index in [1.165, 1.54) is 15.1 Å². The van der Waals surface area contributed by atoms with E-state index in [0.717, 1.165) is 11.2 Å². The molecule has 17 heavy (non-hydrogen) atoms. The first-order valence-electron chi connectivity index (χ1n) is 5.52. The lowest BCUT2D eigenvalue weighted by Gasteiger charge is -2.00. The molecule has 3 rings (SSSR count). The largest absolute Gasteiger partial charge is 0.326 e. The molecule has 0 bridgehead atoms. The second-order valence-electron chi connectivity index (χ2n) is 3.86. The van der Waals surface area contributed by atoms with Crippen LogP contribution in [0.25, 0.3) is 21.5 Å². The molecule has 2 nitrogen and oxygen atoms in total.